The number of likely N-dealkylation sites (tertiary alicyclic amines) is 1. The van der Waals surface area contributed by atoms with Gasteiger partial charge in [0.25, 0.3) is 0 Å². The lowest BCUT2D eigenvalue weighted by Crippen LogP contribution is -2.51. The van der Waals surface area contributed by atoms with Gasteiger partial charge in [-0.2, -0.15) is 0 Å². The summed E-state index contributed by atoms with van der Waals surface area (Å²) in [6.45, 7) is 6.83. The van der Waals surface area contributed by atoms with Gasteiger partial charge in [0.2, 0.25) is 0 Å². The Kier molecular flexibility index (Phi) is 6.19. The molecule has 2 aliphatic heterocycles. The first-order chi connectivity index (χ1) is 15.7. The van der Waals surface area contributed by atoms with Gasteiger partial charge in [0, 0.05) is 37.9 Å². The van der Waals surface area contributed by atoms with Gasteiger partial charge in [0.1, 0.15) is 17.0 Å². The zero-order chi connectivity index (χ0) is 23.6. The van der Waals surface area contributed by atoms with Crippen molar-refractivity contribution in [2.75, 3.05) is 20.2 Å². The van der Waals surface area contributed by atoms with E-state index in [1.165, 1.54) is 12.7 Å². The smallest absolute Gasteiger partial charge is 0.410 e. The minimum atomic E-state index is -0.508. The summed E-state index contributed by atoms with van der Waals surface area (Å²) in [6, 6.07) is 15.5. The molecular weight excluding hydrogens is 418 g/mol. The molecule has 2 heterocycles. The van der Waals surface area contributed by atoms with Crippen LogP contribution in [0.5, 0.6) is 5.75 Å². The summed E-state index contributed by atoms with van der Waals surface area (Å²) in [7, 11) is 1.38. The second-order valence-electron chi connectivity index (χ2n) is 9.71. The number of piperidine rings is 1. The molecule has 0 aromatic heterocycles. The van der Waals surface area contributed by atoms with E-state index in [0.29, 0.717) is 18.7 Å². The number of rotatable bonds is 2. The van der Waals surface area contributed by atoms with E-state index < -0.39 is 5.60 Å². The molecule has 0 radical (unpaired) electrons. The molecule has 6 nitrogen and oxygen atoms in total. The molecule has 0 bridgehead atoms. The number of carbonyl (C=O) groups is 2. The topological polar surface area (TPSA) is 65.1 Å². The third-order valence-corrected chi connectivity index (χ3v) is 6.07. The lowest BCUT2D eigenvalue weighted by Gasteiger charge is -2.45. The van der Waals surface area contributed by atoms with Gasteiger partial charge in [-0.3, -0.25) is 0 Å². The molecule has 4 rings (SSSR count). The molecule has 1 fully saturated rings. The van der Waals surface area contributed by atoms with E-state index in [-0.39, 0.29) is 17.7 Å². The molecule has 174 valence electrons. The van der Waals surface area contributed by atoms with Gasteiger partial charge in [0.15, 0.2) is 0 Å². The van der Waals surface area contributed by atoms with Crippen molar-refractivity contribution >= 4 is 23.7 Å². The van der Waals surface area contributed by atoms with Crippen molar-refractivity contribution < 1.29 is 23.8 Å². The number of fused-ring (bicyclic) bond motifs is 1. The summed E-state index contributed by atoms with van der Waals surface area (Å²) in [5.41, 5.74) is 2.94. The quantitative estimate of drug-likeness (QED) is 0.561. The van der Waals surface area contributed by atoms with E-state index in [9.17, 15) is 9.59 Å². The van der Waals surface area contributed by atoms with Crippen molar-refractivity contribution in [3.63, 3.8) is 0 Å². The second kappa shape index (κ2) is 8.93. The van der Waals surface area contributed by atoms with E-state index in [1.807, 2.05) is 51.1 Å². The van der Waals surface area contributed by atoms with Crippen LogP contribution in [-0.4, -0.2) is 48.4 Å². The SMILES string of the molecule is COC(=O)c1ccc(/C=C2\CC3(CCN(C(=O)OC(C)(C)C)CC3)Oc3ccccc32)cc1. The number of methoxy groups -OCH3 is 1. The van der Waals surface area contributed by atoms with Gasteiger partial charge in [-0.25, -0.2) is 9.59 Å². The molecule has 2 aromatic carbocycles. The number of ether oxygens (including phenoxy) is 3. The third kappa shape index (κ3) is 5.21. The van der Waals surface area contributed by atoms with Gasteiger partial charge in [0.05, 0.1) is 12.7 Å². The Morgan fingerprint density at radius 1 is 1.03 bits per heavy atom. The minimum absolute atomic E-state index is 0.268. The summed E-state index contributed by atoms with van der Waals surface area (Å²) in [5, 5.41) is 0. The number of hydrogen-bond donors (Lipinski definition) is 0. The molecule has 0 aliphatic carbocycles. The lowest BCUT2D eigenvalue weighted by molar-refractivity contribution is -0.0179. The summed E-state index contributed by atoms with van der Waals surface area (Å²) in [6.07, 6.45) is 4.11. The number of para-hydroxylation sites is 1. The van der Waals surface area contributed by atoms with Crippen LogP contribution in [0.4, 0.5) is 4.79 Å². The average Bonchev–Trinajstić information content (AvgIpc) is 2.78. The van der Waals surface area contributed by atoms with E-state index in [2.05, 4.69) is 12.1 Å². The average molecular weight is 450 g/mol. The molecule has 0 atom stereocenters. The van der Waals surface area contributed by atoms with Crippen LogP contribution in [0.1, 0.15) is 61.5 Å². The molecule has 1 spiro atoms. The van der Waals surface area contributed by atoms with Crippen LogP contribution >= 0.6 is 0 Å². The van der Waals surface area contributed by atoms with Crippen molar-refractivity contribution in [2.45, 2.75) is 51.2 Å². The Balaban J connectivity index is 1.56. The molecular formula is C27H31NO5. The molecule has 0 saturated carbocycles. The predicted molar refractivity (Wildman–Crippen MR) is 127 cm³/mol. The van der Waals surface area contributed by atoms with E-state index in [4.69, 9.17) is 14.2 Å². The van der Waals surface area contributed by atoms with Crippen molar-refractivity contribution in [1.29, 1.82) is 0 Å². The first-order valence-electron chi connectivity index (χ1n) is 11.3. The molecule has 6 heteroatoms. The number of esters is 1. The van der Waals surface area contributed by atoms with Crippen LogP contribution in [0.15, 0.2) is 48.5 Å². The van der Waals surface area contributed by atoms with E-state index >= 15 is 0 Å². The Morgan fingerprint density at radius 3 is 2.33 bits per heavy atom. The summed E-state index contributed by atoms with van der Waals surface area (Å²) in [5.74, 6) is 0.521. The van der Waals surface area contributed by atoms with E-state index in [1.54, 1.807) is 17.0 Å². The van der Waals surface area contributed by atoms with Gasteiger partial charge >= 0.3 is 12.1 Å². The summed E-state index contributed by atoms with van der Waals surface area (Å²) < 4.78 is 16.9. The van der Waals surface area contributed by atoms with Gasteiger partial charge in [-0.1, -0.05) is 36.4 Å². The first kappa shape index (κ1) is 22.9. The van der Waals surface area contributed by atoms with Crippen molar-refractivity contribution in [3.8, 4) is 5.75 Å². The summed E-state index contributed by atoms with van der Waals surface area (Å²) >= 11 is 0. The molecule has 1 amide bonds. The Labute approximate surface area is 195 Å². The first-order valence-corrected chi connectivity index (χ1v) is 11.3. The highest BCUT2D eigenvalue weighted by Crippen LogP contribution is 2.45. The highest BCUT2D eigenvalue weighted by Gasteiger charge is 2.42. The van der Waals surface area contributed by atoms with Gasteiger partial charge in [-0.05, 0) is 50.1 Å². The Morgan fingerprint density at radius 2 is 1.70 bits per heavy atom. The van der Waals surface area contributed by atoms with Crippen molar-refractivity contribution in [3.05, 3.63) is 65.2 Å². The minimum Gasteiger partial charge on any atom is -0.486 e. The second-order valence-corrected chi connectivity index (χ2v) is 9.71. The fourth-order valence-electron chi connectivity index (χ4n) is 4.40. The standard InChI is InChI=1S/C27H31NO5/c1-26(2,3)33-25(30)28-15-13-27(14-16-28)18-21(22-7-5-6-8-23(22)32-27)17-19-9-11-20(12-10-19)24(29)31-4/h5-12,17H,13-16,18H2,1-4H3/b21-17+. The zero-order valence-electron chi connectivity index (χ0n) is 19.7. The Bertz CT molecular complexity index is 1060. The van der Waals surface area contributed by atoms with Crippen LogP contribution in [0, 0.1) is 0 Å². The van der Waals surface area contributed by atoms with Crippen LogP contribution in [0.25, 0.3) is 11.6 Å². The zero-order valence-corrected chi connectivity index (χ0v) is 19.7. The predicted octanol–water partition coefficient (Wildman–Crippen LogP) is 5.57. The summed E-state index contributed by atoms with van der Waals surface area (Å²) in [4.78, 5) is 26.0. The number of carbonyl (C=O) groups excluding carboxylic acids is 2. The third-order valence-electron chi connectivity index (χ3n) is 6.07. The highest BCUT2D eigenvalue weighted by molar-refractivity contribution is 5.90. The number of benzene rings is 2. The number of nitrogens with zero attached hydrogens (tertiary/aromatic N) is 1. The van der Waals surface area contributed by atoms with Crippen molar-refractivity contribution in [2.24, 2.45) is 0 Å². The molecule has 0 unspecified atom stereocenters. The molecule has 0 N–H and O–H groups in total. The Hall–Kier alpha value is -3.28. The maximum Gasteiger partial charge on any atom is 0.410 e. The molecule has 2 aliphatic rings. The van der Waals surface area contributed by atoms with Gasteiger partial charge in [-0.15, -0.1) is 0 Å². The molecule has 2 aromatic rings. The lowest BCUT2D eigenvalue weighted by atomic mass is 9.80. The maximum atomic E-state index is 12.5. The van der Waals surface area contributed by atoms with Crippen LogP contribution in [-0.2, 0) is 9.47 Å². The number of amides is 1. The fraction of sp³-hybridized carbons (Fsp3) is 0.407. The normalized spacial score (nSPS) is 18.4. The van der Waals surface area contributed by atoms with Crippen molar-refractivity contribution in [1.82, 2.24) is 4.90 Å². The molecule has 1 saturated heterocycles. The maximum absolute atomic E-state index is 12.5. The highest BCUT2D eigenvalue weighted by atomic mass is 16.6. The number of hydrogen-bond acceptors (Lipinski definition) is 5. The monoisotopic (exact) mass is 449 g/mol. The molecule has 33 heavy (non-hydrogen) atoms. The fourth-order valence-corrected chi connectivity index (χ4v) is 4.40. The van der Waals surface area contributed by atoms with Crippen LogP contribution in [0.2, 0.25) is 0 Å². The van der Waals surface area contributed by atoms with Gasteiger partial charge < -0.3 is 19.1 Å². The van der Waals surface area contributed by atoms with E-state index in [0.717, 1.165) is 36.1 Å². The van der Waals surface area contributed by atoms with Crippen LogP contribution in [0.3, 0.4) is 0 Å². The largest absolute Gasteiger partial charge is 0.486 e. The van der Waals surface area contributed by atoms with Crippen LogP contribution < -0.4 is 4.74 Å².